The molecule has 0 bridgehead atoms. The first-order valence-electron chi connectivity index (χ1n) is 5.40. The molecule has 2 N–H and O–H groups in total. The second-order valence-electron chi connectivity index (χ2n) is 3.54. The van der Waals surface area contributed by atoms with Crippen LogP contribution in [0.5, 0.6) is 5.75 Å². The Morgan fingerprint density at radius 1 is 1.53 bits per heavy atom. The predicted molar refractivity (Wildman–Crippen MR) is 68.9 cm³/mol. The summed E-state index contributed by atoms with van der Waals surface area (Å²) in [5, 5.41) is 11.6. The number of aliphatic hydroxyl groups excluding tert-OH is 1. The summed E-state index contributed by atoms with van der Waals surface area (Å²) >= 11 is 3.33. The lowest BCUT2D eigenvalue weighted by atomic mass is 10.2. The Morgan fingerprint density at radius 2 is 2.29 bits per heavy atom. The van der Waals surface area contributed by atoms with E-state index in [9.17, 15) is 4.79 Å². The molecule has 0 spiro atoms. The van der Waals surface area contributed by atoms with Crippen LogP contribution in [0.2, 0.25) is 0 Å². The van der Waals surface area contributed by atoms with E-state index in [1.807, 2.05) is 12.1 Å². The first-order valence-corrected chi connectivity index (χ1v) is 6.19. The molecule has 1 aromatic carbocycles. The van der Waals surface area contributed by atoms with Crippen molar-refractivity contribution in [2.75, 3.05) is 13.7 Å². The van der Waals surface area contributed by atoms with Crippen LogP contribution >= 0.6 is 15.9 Å². The summed E-state index contributed by atoms with van der Waals surface area (Å²) in [4.78, 5) is 11.0. The van der Waals surface area contributed by atoms with E-state index in [0.717, 1.165) is 10.0 Å². The number of rotatable bonds is 6. The Labute approximate surface area is 109 Å². The molecule has 0 saturated heterocycles. The summed E-state index contributed by atoms with van der Waals surface area (Å²) in [6.45, 7) is 0.454. The van der Waals surface area contributed by atoms with Crippen molar-refractivity contribution in [3.63, 3.8) is 0 Å². The van der Waals surface area contributed by atoms with Gasteiger partial charge in [0.2, 0.25) is 5.91 Å². The van der Waals surface area contributed by atoms with Crippen LogP contribution in [0.3, 0.4) is 0 Å². The van der Waals surface area contributed by atoms with Crippen LogP contribution < -0.4 is 10.1 Å². The average Bonchev–Trinajstić information content (AvgIpc) is 2.36. The van der Waals surface area contributed by atoms with Gasteiger partial charge in [-0.15, -0.1) is 0 Å². The van der Waals surface area contributed by atoms with Crippen LogP contribution in [0, 0.1) is 0 Å². The van der Waals surface area contributed by atoms with E-state index in [1.165, 1.54) is 0 Å². The summed E-state index contributed by atoms with van der Waals surface area (Å²) in [7, 11) is 1.62. The zero-order valence-electron chi connectivity index (χ0n) is 9.70. The van der Waals surface area contributed by atoms with Crippen molar-refractivity contribution in [1.82, 2.24) is 5.32 Å². The first-order chi connectivity index (χ1) is 8.17. The van der Waals surface area contributed by atoms with Crippen LogP contribution in [0.4, 0.5) is 0 Å². The van der Waals surface area contributed by atoms with Gasteiger partial charge in [0.25, 0.3) is 0 Å². The molecule has 0 aliphatic carbocycles. The zero-order valence-corrected chi connectivity index (χ0v) is 11.3. The van der Waals surface area contributed by atoms with Gasteiger partial charge in [0.15, 0.2) is 0 Å². The molecule has 0 radical (unpaired) electrons. The van der Waals surface area contributed by atoms with Gasteiger partial charge in [-0.1, -0.05) is 15.9 Å². The van der Waals surface area contributed by atoms with Crippen LogP contribution in [0.25, 0.3) is 0 Å². The van der Waals surface area contributed by atoms with Crippen molar-refractivity contribution in [1.29, 1.82) is 0 Å². The molecule has 0 aliphatic rings. The van der Waals surface area contributed by atoms with E-state index in [4.69, 9.17) is 9.84 Å². The lowest BCUT2D eigenvalue weighted by molar-refractivity contribution is -0.120. The molecule has 0 atom stereocenters. The molecule has 17 heavy (non-hydrogen) atoms. The van der Waals surface area contributed by atoms with Gasteiger partial charge in [0.1, 0.15) is 5.75 Å². The number of carbonyl (C=O) groups excluding carboxylic acids is 1. The van der Waals surface area contributed by atoms with Crippen LogP contribution in [0.1, 0.15) is 18.4 Å². The van der Waals surface area contributed by atoms with Gasteiger partial charge < -0.3 is 15.2 Å². The molecule has 4 nitrogen and oxygen atoms in total. The highest BCUT2D eigenvalue weighted by molar-refractivity contribution is 9.10. The molecule has 94 valence electrons. The quantitative estimate of drug-likeness (QED) is 0.788. The number of aliphatic hydroxyl groups is 1. The highest BCUT2D eigenvalue weighted by atomic mass is 79.9. The molecule has 0 unspecified atom stereocenters. The molecular formula is C12H16BrNO3. The molecule has 1 amide bonds. The average molecular weight is 302 g/mol. The Morgan fingerprint density at radius 3 is 2.94 bits per heavy atom. The molecule has 0 heterocycles. The highest BCUT2D eigenvalue weighted by Crippen LogP contribution is 2.22. The number of carbonyl (C=O) groups is 1. The van der Waals surface area contributed by atoms with Gasteiger partial charge in [-0.05, 0) is 30.2 Å². The minimum Gasteiger partial charge on any atom is -0.494 e. The van der Waals surface area contributed by atoms with E-state index < -0.39 is 0 Å². The van der Waals surface area contributed by atoms with Gasteiger partial charge in [-0.25, -0.2) is 0 Å². The molecule has 0 fully saturated rings. The number of amides is 1. The third-order valence-corrected chi connectivity index (χ3v) is 3.06. The molecule has 1 rings (SSSR count). The second kappa shape index (κ2) is 7.29. The predicted octanol–water partition coefficient (Wildman–Crippen LogP) is 1.85. The fraction of sp³-hybridized carbons (Fsp3) is 0.417. The van der Waals surface area contributed by atoms with Crippen LogP contribution in [-0.4, -0.2) is 24.7 Å². The van der Waals surface area contributed by atoms with Gasteiger partial charge in [-0.2, -0.15) is 0 Å². The minimum atomic E-state index is -0.0317. The third kappa shape index (κ3) is 4.75. The maximum absolute atomic E-state index is 11.0. The molecular weight excluding hydrogens is 286 g/mol. The first kappa shape index (κ1) is 14.0. The Hall–Kier alpha value is -1.07. The lowest BCUT2D eigenvalue weighted by Crippen LogP contribution is -2.18. The van der Waals surface area contributed by atoms with Crippen LogP contribution in [0.15, 0.2) is 22.7 Å². The summed E-state index contributed by atoms with van der Waals surface area (Å²) in [5.41, 5.74) is 0.786. The third-order valence-electron chi connectivity index (χ3n) is 2.28. The van der Waals surface area contributed by atoms with Gasteiger partial charge in [-0.3, -0.25) is 4.79 Å². The lowest BCUT2D eigenvalue weighted by Gasteiger charge is -2.08. The number of nitrogens with one attached hydrogen (secondary N) is 1. The number of hydrogen-bond acceptors (Lipinski definition) is 3. The van der Waals surface area contributed by atoms with Gasteiger partial charge in [0, 0.05) is 17.9 Å². The Kier molecular flexibility index (Phi) is 6.00. The van der Waals surface area contributed by atoms with Gasteiger partial charge in [0.05, 0.1) is 13.2 Å². The smallest absolute Gasteiger partial charge is 0.219 e. The van der Waals surface area contributed by atoms with Crippen molar-refractivity contribution in [3.8, 4) is 5.75 Å². The number of halogens is 1. The minimum absolute atomic E-state index is 0.0143. The summed E-state index contributed by atoms with van der Waals surface area (Å²) in [6, 6.07) is 5.44. The topological polar surface area (TPSA) is 58.6 Å². The second-order valence-corrected chi connectivity index (χ2v) is 4.39. The molecule has 0 aliphatic heterocycles. The number of ether oxygens (including phenoxy) is 1. The van der Waals surface area contributed by atoms with E-state index in [0.29, 0.717) is 25.2 Å². The van der Waals surface area contributed by atoms with Crippen LogP contribution in [-0.2, 0) is 11.4 Å². The molecule has 0 aromatic heterocycles. The summed E-state index contributed by atoms with van der Waals surface area (Å²) in [5.74, 6) is 0.717. The van der Waals surface area contributed by atoms with E-state index in [-0.39, 0.29) is 12.5 Å². The normalized spacial score (nSPS) is 10.1. The fourth-order valence-corrected chi connectivity index (χ4v) is 1.68. The van der Waals surface area contributed by atoms with Crippen molar-refractivity contribution in [3.05, 3.63) is 28.2 Å². The highest BCUT2D eigenvalue weighted by Gasteiger charge is 2.02. The van der Waals surface area contributed by atoms with E-state index in [2.05, 4.69) is 21.2 Å². The molecule has 5 heteroatoms. The molecule has 1 aromatic rings. The Bertz CT molecular complexity index is 382. The summed E-state index contributed by atoms with van der Waals surface area (Å²) in [6.07, 6.45) is 1.13. The largest absolute Gasteiger partial charge is 0.494 e. The SMILES string of the molecule is CNC(=O)CCCOc1ccc(Br)c(CO)c1. The zero-order chi connectivity index (χ0) is 12.7. The summed E-state index contributed by atoms with van der Waals surface area (Å²) < 4.78 is 6.35. The maximum atomic E-state index is 11.0. The fourth-order valence-electron chi connectivity index (χ4n) is 1.31. The standard InChI is InChI=1S/C12H16BrNO3/c1-14-12(16)3-2-6-17-10-4-5-11(13)9(7-10)8-15/h4-5,7,15H,2-3,6,8H2,1H3,(H,14,16). The van der Waals surface area contributed by atoms with Crippen molar-refractivity contribution in [2.45, 2.75) is 19.4 Å². The van der Waals surface area contributed by atoms with Crippen molar-refractivity contribution in [2.24, 2.45) is 0 Å². The van der Waals surface area contributed by atoms with E-state index in [1.54, 1.807) is 13.1 Å². The Balaban J connectivity index is 2.39. The number of hydrogen-bond donors (Lipinski definition) is 2. The maximum Gasteiger partial charge on any atom is 0.219 e. The van der Waals surface area contributed by atoms with Gasteiger partial charge >= 0.3 is 0 Å². The number of benzene rings is 1. The molecule has 0 saturated carbocycles. The van der Waals surface area contributed by atoms with Crippen molar-refractivity contribution >= 4 is 21.8 Å². The monoisotopic (exact) mass is 301 g/mol. The van der Waals surface area contributed by atoms with Crippen molar-refractivity contribution < 1.29 is 14.6 Å². The van der Waals surface area contributed by atoms with E-state index >= 15 is 0 Å².